The van der Waals surface area contributed by atoms with Gasteiger partial charge < -0.3 is 38.3 Å². The Morgan fingerprint density at radius 1 is 0.489 bits per heavy atom. The summed E-state index contributed by atoms with van der Waals surface area (Å²) < 4.78 is 90.6. The molecule has 0 atom stereocenters. The number of halogens is 4. The van der Waals surface area contributed by atoms with Gasteiger partial charge in [0, 0.05) is 101 Å². The second kappa shape index (κ2) is 26.9. The molecule has 8 aromatic heterocycles. The minimum Gasteiger partial charge on any atom is -0.478 e. The van der Waals surface area contributed by atoms with Crippen LogP contribution in [0.1, 0.15) is 54.6 Å². The number of rotatable bonds is 22. The van der Waals surface area contributed by atoms with Gasteiger partial charge in [-0.3, -0.25) is 19.3 Å². The van der Waals surface area contributed by atoms with Crippen molar-refractivity contribution < 1.29 is 56.3 Å². The van der Waals surface area contributed by atoms with Crippen LogP contribution in [0.5, 0.6) is 11.8 Å². The van der Waals surface area contributed by atoms with Gasteiger partial charge >= 0.3 is 11.9 Å². The van der Waals surface area contributed by atoms with Gasteiger partial charge in [0.2, 0.25) is 11.8 Å². The maximum Gasteiger partial charge on any atom is 0.335 e. The van der Waals surface area contributed by atoms with Crippen molar-refractivity contribution in [3.63, 3.8) is 0 Å². The molecular formula is C64H54F4N14O8. The van der Waals surface area contributed by atoms with Gasteiger partial charge in [0.25, 0.3) is 0 Å². The molecule has 8 heterocycles. The van der Waals surface area contributed by atoms with E-state index in [9.17, 15) is 19.8 Å². The van der Waals surface area contributed by atoms with Gasteiger partial charge in [-0.15, -0.1) is 10.2 Å². The van der Waals surface area contributed by atoms with Gasteiger partial charge in [-0.05, 0) is 96.1 Å². The number of aromatic nitrogens is 14. The molecule has 26 heteroatoms. The maximum atomic E-state index is 15.5. The molecule has 22 nitrogen and oxygen atoms in total. The van der Waals surface area contributed by atoms with Gasteiger partial charge in [0.15, 0.2) is 0 Å². The van der Waals surface area contributed by atoms with Crippen LogP contribution in [0.25, 0.3) is 67.4 Å². The lowest BCUT2D eigenvalue weighted by Gasteiger charge is -2.12. The van der Waals surface area contributed by atoms with Crippen molar-refractivity contribution in [1.82, 2.24) is 69.0 Å². The first kappa shape index (κ1) is 60.6. The van der Waals surface area contributed by atoms with Crippen LogP contribution in [0.3, 0.4) is 0 Å². The van der Waals surface area contributed by atoms with Crippen molar-refractivity contribution in [2.75, 3.05) is 27.4 Å². The fourth-order valence-electron chi connectivity index (χ4n) is 9.78. The number of hydrogen-bond acceptors (Lipinski definition) is 16. The van der Waals surface area contributed by atoms with Crippen LogP contribution < -0.4 is 9.47 Å². The summed E-state index contributed by atoms with van der Waals surface area (Å²) in [7, 11) is 6.63. The molecule has 456 valence electrons. The monoisotopic (exact) mass is 1220 g/mol. The van der Waals surface area contributed by atoms with E-state index in [1.54, 1.807) is 120 Å². The minimum atomic E-state index is -1.07. The van der Waals surface area contributed by atoms with Gasteiger partial charge in [-0.1, -0.05) is 34.7 Å². The molecule has 0 unspecified atom stereocenters. The number of ether oxygens (including phenoxy) is 4. The van der Waals surface area contributed by atoms with E-state index in [0.717, 1.165) is 35.4 Å². The van der Waals surface area contributed by atoms with E-state index in [-0.39, 0.29) is 82.6 Å². The highest BCUT2D eigenvalue weighted by molar-refractivity contribution is 5.93. The Morgan fingerprint density at radius 2 is 0.922 bits per heavy atom. The Bertz CT molecular complexity index is 4300. The van der Waals surface area contributed by atoms with Crippen molar-refractivity contribution in [3.05, 3.63) is 214 Å². The number of nitrogens with zero attached hydrogens (tertiary/aromatic N) is 14. The molecule has 0 aliphatic carbocycles. The van der Waals surface area contributed by atoms with Crippen LogP contribution in [0.2, 0.25) is 0 Å². The number of pyridine rings is 4. The quantitative estimate of drug-likeness (QED) is 0.0598. The van der Waals surface area contributed by atoms with Crippen LogP contribution >= 0.6 is 0 Å². The number of aromatic carboxylic acids is 2. The lowest BCUT2D eigenvalue weighted by atomic mass is 10.0. The fourth-order valence-corrected chi connectivity index (χ4v) is 9.78. The molecule has 0 amide bonds. The highest BCUT2D eigenvalue weighted by atomic mass is 19.1. The van der Waals surface area contributed by atoms with Crippen LogP contribution in [0.4, 0.5) is 17.6 Å². The SMILES string of the molecule is COCCn1c(Cc2cc(F)c(-c3cccc(OCc4ccc(-c5cn(C)nn5)nc4)n3)cc2F)nc2ccc(C(=O)O)cc21.COCCn1c(Cc2cc(F)c(-c3cccc(OCc4ccc(-c5cn(C)nn5)nc4)n3)cc2F)nc2ccc(C(=O)O)cc21. The van der Waals surface area contributed by atoms with E-state index < -0.39 is 35.2 Å². The van der Waals surface area contributed by atoms with E-state index in [1.807, 2.05) is 24.3 Å². The number of methoxy groups -OCH3 is 2. The standard InChI is InChI=1S/2C32H27F2N7O4/c2*1-40-17-28(38-39-40)26-8-6-19(16-35-26)18-45-31-5-3-4-25(37-31)22-15-23(33)21(12-24(22)34)14-30-36-27-9-7-20(32(42)43)13-29(27)41(30)10-11-44-2/h2*3-9,12-13,15-17H,10-11,14,18H2,1-2H3,(H,42,43). The number of carbonyl (C=O) groups is 2. The summed E-state index contributed by atoms with van der Waals surface area (Å²) in [5.41, 5.74) is 7.20. The van der Waals surface area contributed by atoms with Crippen molar-refractivity contribution >= 4 is 34.0 Å². The Labute approximate surface area is 509 Å². The summed E-state index contributed by atoms with van der Waals surface area (Å²) in [6, 6.07) is 30.6. The average Bonchev–Trinajstić information content (AvgIpc) is 3.10. The zero-order chi connectivity index (χ0) is 63.0. The summed E-state index contributed by atoms with van der Waals surface area (Å²) in [5, 5.41) is 34.7. The molecule has 0 aliphatic rings. The topological polar surface area (TPSA) is 260 Å². The molecule has 0 bridgehead atoms. The first-order valence-electron chi connectivity index (χ1n) is 27.8. The third-order valence-corrected chi connectivity index (χ3v) is 14.3. The van der Waals surface area contributed by atoms with Gasteiger partial charge in [0.05, 0.1) is 81.6 Å². The second-order valence-corrected chi connectivity index (χ2v) is 20.5. The van der Waals surface area contributed by atoms with E-state index in [1.165, 1.54) is 24.3 Å². The van der Waals surface area contributed by atoms with Crippen LogP contribution in [0, 0.1) is 23.3 Å². The number of fused-ring (bicyclic) bond motifs is 2. The van der Waals surface area contributed by atoms with E-state index >= 15 is 17.6 Å². The molecule has 12 rings (SSSR count). The second-order valence-electron chi connectivity index (χ2n) is 20.5. The Hall–Kier alpha value is -11.1. The van der Waals surface area contributed by atoms with Gasteiger partial charge in [-0.2, -0.15) is 0 Å². The molecule has 2 N–H and O–H groups in total. The Kier molecular flexibility index (Phi) is 18.1. The van der Waals surface area contributed by atoms with E-state index in [0.29, 0.717) is 82.8 Å². The predicted octanol–water partition coefficient (Wildman–Crippen LogP) is 10.2. The lowest BCUT2D eigenvalue weighted by molar-refractivity contribution is 0.0686. The lowest BCUT2D eigenvalue weighted by Crippen LogP contribution is -2.10. The number of imidazole rings is 2. The highest BCUT2D eigenvalue weighted by Crippen LogP contribution is 2.31. The Morgan fingerprint density at radius 3 is 1.29 bits per heavy atom. The molecule has 0 radical (unpaired) electrons. The van der Waals surface area contributed by atoms with Crippen molar-refractivity contribution in [2.24, 2.45) is 14.1 Å². The molecule has 90 heavy (non-hydrogen) atoms. The molecule has 4 aromatic carbocycles. The zero-order valence-electron chi connectivity index (χ0n) is 48.6. The average molecular weight is 1220 g/mol. The van der Waals surface area contributed by atoms with Crippen LogP contribution in [-0.4, -0.2) is 119 Å². The number of carboxylic acid groups (broad SMARTS) is 2. The Balaban J connectivity index is 0.000000185. The largest absolute Gasteiger partial charge is 0.478 e. The molecule has 0 saturated carbocycles. The minimum absolute atomic E-state index is 0.0179. The summed E-state index contributed by atoms with van der Waals surface area (Å²) in [6.45, 7) is 1.68. The van der Waals surface area contributed by atoms with Crippen LogP contribution in [0.15, 0.2) is 146 Å². The third-order valence-electron chi connectivity index (χ3n) is 14.3. The zero-order valence-corrected chi connectivity index (χ0v) is 48.6. The summed E-state index contributed by atoms with van der Waals surface area (Å²) in [5.74, 6) is -3.36. The summed E-state index contributed by atoms with van der Waals surface area (Å²) >= 11 is 0. The van der Waals surface area contributed by atoms with E-state index in [2.05, 4.69) is 50.5 Å². The number of benzene rings is 4. The maximum absolute atomic E-state index is 15.5. The van der Waals surface area contributed by atoms with E-state index in [4.69, 9.17) is 18.9 Å². The highest BCUT2D eigenvalue weighted by Gasteiger charge is 2.22. The molecule has 0 aliphatic heterocycles. The first-order valence-corrected chi connectivity index (χ1v) is 27.8. The molecule has 12 aromatic rings. The van der Waals surface area contributed by atoms with Gasteiger partial charge in [-0.25, -0.2) is 47.1 Å². The van der Waals surface area contributed by atoms with Crippen molar-refractivity contribution in [3.8, 4) is 57.1 Å². The van der Waals surface area contributed by atoms with Crippen LogP contribution in [-0.2, 0) is 62.7 Å². The fraction of sp³-hybridized carbons (Fsp3) is 0.188. The molecule has 0 fully saturated rings. The normalized spacial score (nSPS) is 11.3. The van der Waals surface area contributed by atoms with Gasteiger partial charge in [0.1, 0.15) is 59.5 Å². The summed E-state index contributed by atoms with van der Waals surface area (Å²) in [6.07, 6.45) is 6.81. The molecule has 0 saturated heterocycles. The number of carboxylic acids is 2. The third kappa shape index (κ3) is 13.8. The molecular weight excluding hydrogens is 1170 g/mol. The van der Waals surface area contributed by atoms with Crippen molar-refractivity contribution in [2.45, 2.75) is 39.1 Å². The first-order chi connectivity index (χ1) is 43.6. The molecule has 0 spiro atoms. The summed E-state index contributed by atoms with van der Waals surface area (Å²) in [4.78, 5) is 49.8. The van der Waals surface area contributed by atoms with Crippen molar-refractivity contribution in [1.29, 1.82) is 0 Å². The smallest absolute Gasteiger partial charge is 0.335 e. The predicted molar refractivity (Wildman–Crippen MR) is 319 cm³/mol. The number of aryl methyl sites for hydroxylation is 2. The number of hydrogen-bond donors (Lipinski definition) is 2.